The van der Waals surface area contributed by atoms with Gasteiger partial charge in [0, 0.05) is 12.8 Å². The Morgan fingerprint density at radius 1 is 1.17 bits per heavy atom. The lowest BCUT2D eigenvalue weighted by Gasteiger charge is -2.06. The van der Waals surface area contributed by atoms with Gasteiger partial charge in [-0.05, 0) is 38.7 Å². The average molecular weight is 167 g/mol. The average Bonchev–Trinajstić information content (AvgIpc) is 2.11. The molecule has 0 N–H and O–H groups in total. The second-order valence-corrected chi connectivity index (χ2v) is 2.96. The van der Waals surface area contributed by atoms with Crippen molar-refractivity contribution in [1.82, 2.24) is 0 Å². The highest BCUT2D eigenvalue weighted by atomic mass is 14.7. The van der Waals surface area contributed by atoms with Gasteiger partial charge >= 0.3 is 0 Å². The van der Waals surface area contributed by atoms with Crippen LogP contribution in [0.1, 0.15) is 47.0 Å². The van der Waals surface area contributed by atoms with Crippen LogP contribution in [0.25, 0.3) is 0 Å². The van der Waals surface area contributed by atoms with E-state index in [2.05, 4.69) is 18.8 Å². The van der Waals surface area contributed by atoms with Crippen LogP contribution in [0.15, 0.2) is 16.1 Å². The second-order valence-electron chi connectivity index (χ2n) is 2.96. The van der Waals surface area contributed by atoms with Crippen molar-refractivity contribution in [3.63, 3.8) is 0 Å². The molecule has 0 fully saturated rings. The van der Waals surface area contributed by atoms with Crippen molar-refractivity contribution in [3.05, 3.63) is 11.1 Å². The van der Waals surface area contributed by atoms with E-state index in [0.29, 0.717) is 0 Å². The molecule has 0 atom stereocenters. The van der Waals surface area contributed by atoms with E-state index in [-0.39, 0.29) is 0 Å². The molecule has 0 bridgehead atoms. The lowest BCUT2D eigenvalue weighted by Crippen LogP contribution is -1.93. The molecular weight excluding hydrogens is 146 g/mol. The lowest BCUT2D eigenvalue weighted by molar-refractivity contribution is 0.733. The van der Waals surface area contributed by atoms with Crippen LogP contribution in [0.4, 0.5) is 0 Å². The Morgan fingerprint density at radius 2 is 1.83 bits per heavy atom. The molecule has 0 aromatic carbocycles. The first-order chi connectivity index (χ1) is 5.80. The SMILES string of the molecule is C/C1=C(\C)CCCCN=C1.CC. The van der Waals surface area contributed by atoms with Gasteiger partial charge in [0.1, 0.15) is 0 Å². The summed E-state index contributed by atoms with van der Waals surface area (Å²) in [7, 11) is 0. The molecule has 1 heteroatoms. The number of hydrogen-bond acceptors (Lipinski definition) is 1. The largest absolute Gasteiger partial charge is 0.293 e. The molecule has 0 aliphatic carbocycles. The molecule has 12 heavy (non-hydrogen) atoms. The van der Waals surface area contributed by atoms with Gasteiger partial charge in [-0.25, -0.2) is 0 Å². The maximum Gasteiger partial charge on any atom is 0.0389 e. The minimum absolute atomic E-state index is 1.02. The summed E-state index contributed by atoms with van der Waals surface area (Å²) in [4.78, 5) is 4.28. The van der Waals surface area contributed by atoms with Crippen molar-refractivity contribution >= 4 is 6.21 Å². The van der Waals surface area contributed by atoms with Crippen LogP contribution in [-0.2, 0) is 0 Å². The first kappa shape index (κ1) is 11.4. The number of nitrogens with zero attached hydrogens (tertiary/aromatic N) is 1. The summed E-state index contributed by atoms with van der Waals surface area (Å²) in [5.41, 5.74) is 2.86. The maximum absolute atomic E-state index is 4.28. The zero-order valence-corrected chi connectivity index (χ0v) is 8.85. The zero-order valence-electron chi connectivity index (χ0n) is 8.85. The van der Waals surface area contributed by atoms with Crippen LogP contribution in [0.5, 0.6) is 0 Å². The molecule has 1 nitrogen and oxygen atoms in total. The van der Waals surface area contributed by atoms with Crippen molar-refractivity contribution in [2.45, 2.75) is 47.0 Å². The van der Waals surface area contributed by atoms with E-state index in [4.69, 9.17) is 0 Å². The van der Waals surface area contributed by atoms with Crippen LogP contribution < -0.4 is 0 Å². The molecule has 1 aliphatic heterocycles. The third kappa shape index (κ3) is 4.32. The molecule has 1 rings (SSSR count). The fraction of sp³-hybridized carbons (Fsp3) is 0.727. The lowest BCUT2D eigenvalue weighted by atomic mass is 10.0. The van der Waals surface area contributed by atoms with Gasteiger partial charge in [-0.15, -0.1) is 0 Å². The Kier molecular flexibility index (Phi) is 6.73. The molecule has 0 aromatic heterocycles. The van der Waals surface area contributed by atoms with Crippen molar-refractivity contribution in [3.8, 4) is 0 Å². The number of aliphatic imine (C=N–C) groups is 1. The van der Waals surface area contributed by atoms with E-state index >= 15 is 0 Å². The summed E-state index contributed by atoms with van der Waals surface area (Å²) in [6, 6.07) is 0. The normalized spacial score (nSPS) is 23.7. The summed E-state index contributed by atoms with van der Waals surface area (Å²) in [5.74, 6) is 0. The van der Waals surface area contributed by atoms with E-state index in [1.54, 1.807) is 0 Å². The fourth-order valence-electron chi connectivity index (χ4n) is 1.10. The molecule has 0 amide bonds. The summed E-state index contributed by atoms with van der Waals surface area (Å²) >= 11 is 0. The first-order valence-corrected chi connectivity index (χ1v) is 4.97. The van der Waals surface area contributed by atoms with E-state index < -0.39 is 0 Å². The quantitative estimate of drug-likeness (QED) is 0.522. The van der Waals surface area contributed by atoms with Crippen LogP contribution in [0, 0.1) is 0 Å². The summed E-state index contributed by atoms with van der Waals surface area (Å²) in [6.07, 6.45) is 5.83. The van der Waals surface area contributed by atoms with Gasteiger partial charge in [0.15, 0.2) is 0 Å². The highest BCUT2D eigenvalue weighted by Gasteiger charge is 1.97. The summed E-state index contributed by atoms with van der Waals surface area (Å²) in [5, 5.41) is 0. The van der Waals surface area contributed by atoms with Crippen LogP contribution >= 0.6 is 0 Å². The molecule has 70 valence electrons. The Bertz CT molecular complexity index is 166. The smallest absolute Gasteiger partial charge is 0.0389 e. The van der Waals surface area contributed by atoms with Gasteiger partial charge in [0.25, 0.3) is 0 Å². The number of allylic oxidation sites excluding steroid dienone is 2. The molecular formula is C11H21N. The highest BCUT2D eigenvalue weighted by Crippen LogP contribution is 2.12. The van der Waals surface area contributed by atoms with Gasteiger partial charge in [0.05, 0.1) is 0 Å². The summed E-state index contributed by atoms with van der Waals surface area (Å²) < 4.78 is 0. The predicted molar refractivity (Wildman–Crippen MR) is 56.9 cm³/mol. The molecule has 1 aliphatic rings. The van der Waals surface area contributed by atoms with Crippen LogP contribution in [0.3, 0.4) is 0 Å². The fourth-order valence-corrected chi connectivity index (χ4v) is 1.10. The molecule has 1 heterocycles. The number of hydrogen-bond donors (Lipinski definition) is 0. The maximum atomic E-state index is 4.28. The second kappa shape index (κ2) is 7.08. The molecule has 0 radical (unpaired) electrons. The van der Waals surface area contributed by atoms with Crippen LogP contribution in [-0.4, -0.2) is 12.8 Å². The Balaban J connectivity index is 0.000000561. The van der Waals surface area contributed by atoms with Crippen molar-refractivity contribution < 1.29 is 0 Å². The van der Waals surface area contributed by atoms with Gasteiger partial charge < -0.3 is 0 Å². The molecule has 0 spiro atoms. The molecule has 0 saturated carbocycles. The first-order valence-electron chi connectivity index (χ1n) is 4.97. The molecule has 0 unspecified atom stereocenters. The Morgan fingerprint density at radius 3 is 2.50 bits per heavy atom. The zero-order chi connectivity index (χ0) is 9.40. The third-order valence-electron chi connectivity index (χ3n) is 2.05. The van der Waals surface area contributed by atoms with E-state index in [0.717, 1.165) is 6.54 Å². The van der Waals surface area contributed by atoms with Crippen molar-refractivity contribution in [1.29, 1.82) is 0 Å². The predicted octanol–water partition coefficient (Wildman–Crippen LogP) is 3.60. The van der Waals surface area contributed by atoms with Gasteiger partial charge in [-0.1, -0.05) is 19.4 Å². The molecule has 0 aromatic rings. The number of rotatable bonds is 0. The van der Waals surface area contributed by atoms with E-state index in [1.165, 1.54) is 30.4 Å². The van der Waals surface area contributed by atoms with Gasteiger partial charge in [-0.3, -0.25) is 4.99 Å². The van der Waals surface area contributed by atoms with Gasteiger partial charge in [0.2, 0.25) is 0 Å². The van der Waals surface area contributed by atoms with Gasteiger partial charge in [-0.2, -0.15) is 0 Å². The van der Waals surface area contributed by atoms with E-state index in [1.807, 2.05) is 20.1 Å². The van der Waals surface area contributed by atoms with Crippen molar-refractivity contribution in [2.75, 3.05) is 6.54 Å². The Labute approximate surface area is 76.6 Å². The minimum Gasteiger partial charge on any atom is -0.293 e. The standard InChI is InChI=1S/C9H15N.C2H6/c1-8-5-3-4-6-10-7-9(8)2;1-2/h7H,3-6H2,1-2H3;1-2H3/b9-8-,10-7?;. The minimum atomic E-state index is 1.02. The topological polar surface area (TPSA) is 12.4 Å². The summed E-state index contributed by atoms with van der Waals surface area (Å²) in [6.45, 7) is 9.36. The highest BCUT2D eigenvalue weighted by molar-refractivity contribution is 5.78. The van der Waals surface area contributed by atoms with E-state index in [9.17, 15) is 0 Å². The molecule has 0 saturated heterocycles. The van der Waals surface area contributed by atoms with Crippen molar-refractivity contribution in [2.24, 2.45) is 4.99 Å². The van der Waals surface area contributed by atoms with Crippen LogP contribution in [0.2, 0.25) is 0 Å². The monoisotopic (exact) mass is 167 g/mol. The third-order valence-corrected chi connectivity index (χ3v) is 2.05. The Hall–Kier alpha value is -0.590.